The van der Waals surface area contributed by atoms with Gasteiger partial charge in [0.2, 0.25) is 11.8 Å². The van der Waals surface area contributed by atoms with Crippen molar-refractivity contribution in [3.63, 3.8) is 0 Å². The average molecular weight is 622 g/mol. The van der Waals surface area contributed by atoms with Crippen molar-refractivity contribution in [3.05, 3.63) is 34.7 Å². The molecular formula is C26H33F6N7O4. The predicted octanol–water partition coefficient (Wildman–Crippen LogP) is 1.86. The van der Waals surface area contributed by atoms with E-state index in [-0.39, 0.29) is 63.1 Å². The van der Waals surface area contributed by atoms with Crippen molar-refractivity contribution in [2.75, 3.05) is 58.4 Å². The number of anilines is 1. The first-order valence-corrected chi connectivity index (χ1v) is 13.3. The summed E-state index contributed by atoms with van der Waals surface area (Å²) in [6, 6.07) is -0.496. The third-order valence-electron chi connectivity index (χ3n) is 7.29. The summed E-state index contributed by atoms with van der Waals surface area (Å²) in [5, 5.41) is 11.9. The second-order valence-electron chi connectivity index (χ2n) is 9.97. The first-order valence-electron chi connectivity index (χ1n) is 13.3. The van der Waals surface area contributed by atoms with E-state index in [0.29, 0.717) is 18.8 Å². The molecule has 0 saturated carbocycles. The molecule has 2 saturated heterocycles. The van der Waals surface area contributed by atoms with Crippen LogP contribution in [0.25, 0.3) is 0 Å². The summed E-state index contributed by atoms with van der Waals surface area (Å²) in [6.07, 6.45) is -8.00. The number of nitrogens with zero attached hydrogens (tertiary/aromatic N) is 4. The number of allylic oxidation sites excluding steroid dienone is 1. The van der Waals surface area contributed by atoms with Gasteiger partial charge >= 0.3 is 12.4 Å². The molecule has 3 N–H and O–H groups in total. The number of halogens is 6. The number of aromatic nitrogens is 1. The second-order valence-corrected chi connectivity index (χ2v) is 9.97. The topological polar surface area (TPSA) is 131 Å². The lowest BCUT2D eigenvalue weighted by Gasteiger charge is -2.43. The van der Waals surface area contributed by atoms with E-state index in [2.05, 4.69) is 10.3 Å². The quantitative estimate of drug-likeness (QED) is 0.157. The summed E-state index contributed by atoms with van der Waals surface area (Å²) >= 11 is 0. The lowest BCUT2D eigenvalue weighted by Crippen LogP contribution is -2.60. The van der Waals surface area contributed by atoms with Crippen LogP contribution in [-0.4, -0.2) is 110 Å². The van der Waals surface area contributed by atoms with Gasteiger partial charge in [-0.2, -0.15) is 26.3 Å². The van der Waals surface area contributed by atoms with Crippen molar-refractivity contribution in [3.8, 4) is 0 Å². The number of hydrogen-bond donors (Lipinski definition) is 3. The number of likely N-dealkylation sites (N-methyl/N-ethyl adjacent to an activating group) is 2. The van der Waals surface area contributed by atoms with Crippen LogP contribution in [-0.2, 0) is 25.3 Å². The first kappa shape index (κ1) is 33.6. The molecule has 2 atom stereocenters. The van der Waals surface area contributed by atoms with Gasteiger partial charge in [-0.25, -0.2) is 4.98 Å². The fourth-order valence-corrected chi connectivity index (χ4v) is 4.96. The van der Waals surface area contributed by atoms with Crippen molar-refractivity contribution >= 4 is 29.8 Å². The average Bonchev–Trinajstić information content (AvgIpc) is 2.93. The molecule has 17 heteroatoms. The molecule has 238 valence electrons. The highest BCUT2D eigenvalue weighted by molar-refractivity contribution is 6.00. The lowest BCUT2D eigenvalue weighted by molar-refractivity contribution is -0.138. The lowest BCUT2D eigenvalue weighted by atomic mass is 10.00. The molecule has 3 amide bonds. The Morgan fingerprint density at radius 2 is 1.81 bits per heavy atom. The molecule has 0 spiro atoms. The monoisotopic (exact) mass is 621 g/mol. The van der Waals surface area contributed by atoms with E-state index >= 15 is 0 Å². The normalized spacial score (nSPS) is 19.8. The van der Waals surface area contributed by atoms with Crippen LogP contribution in [0.15, 0.2) is 23.5 Å². The molecule has 1 aromatic rings. The summed E-state index contributed by atoms with van der Waals surface area (Å²) in [7, 11) is 2.46. The molecule has 2 fully saturated rings. The molecule has 0 radical (unpaired) electrons. The number of rotatable bonds is 10. The Bertz CT molecular complexity index is 1250. The summed E-state index contributed by atoms with van der Waals surface area (Å²) in [5.41, 5.74) is -2.74. The molecule has 2 aliphatic heterocycles. The highest BCUT2D eigenvalue weighted by Gasteiger charge is 2.44. The maximum Gasteiger partial charge on any atom is 0.423 e. The summed E-state index contributed by atoms with van der Waals surface area (Å²) in [4.78, 5) is 45.7. The van der Waals surface area contributed by atoms with Crippen LogP contribution < -0.4 is 15.5 Å². The smallest absolute Gasteiger partial charge is 0.379 e. The Kier molecular flexibility index (Phi) is 10.6. The van der Waals surface area contributed by atoms with E-state index in [1.54, 1.807) is 4.90 Å². The van der Waals surface area contributed by atoms with Crippen LogP contribution in [0, 0.1) is 12.3 Å². The number of ether oxygens (including phenoxy) is 1. The fraction of sp³-hybridized carbons (Fsp3) is 0.577. The van der Waals surface area contributed by atoms with E-state index in [1.807, 2.05) is 5.32 Å². The van der Waals surface area contributed by atoms with E-state index in [4.69, 9.17) is 10.1 Å². The zero-order chi connectivity index (χ0) is 32.1. The van der Waals surface area contributed by atoms with Crippen LogP contribution in [0.2, 0.25) is 0 Å². The van der Waals surface area contributed by atoms with Gasteiger partial charge in [0.25, 0.3) is 5.91 Å². The molecule has 3 rings (SSSR count). The molecule has 1 aromatic heterocycles. The number of alkyl halides is 6. The van der Waals surface area contributed by atoms with Gasteiger partial charge in [0.15, 0.2) is 0 Å². The fourth-order valence-electron chi connectivity index (χ4n) is 4.96. The van der Waals surface area contributed by atoms with Crippen molar-refractivity contribution in [2.45, 2.75) is 44.2 Å². The Morgan fingerprint density at radius 1 is 1.12 bits per heavy atom. The highest BCUT2D eigenvalue weighted by Crippen LogP contribution is 2.34. The molecule has 0 aromatic carbocycles. The number of aryl methyl sites for hydroxylation is 1. The van der Waals surface area contributed by atoms with Gasteiger partial charge in [0.05, 0.1) is 43.5 Å². The first-order chi connectivity index (χ1) is 20.1. The second kappa shape index (κ2) is 13.6. The summed E-state index contributed by atoms with van der Waals surface area (Å²) in [6.45, 7) is 1.78. The Balaban J connectivity index is 1.59. The number of piperazine rings is 1. The maximum absolute atomic E-state index is 13.5. The Morgan fingerprint density at radius 3 is 2.33 bits per heavy atom. The summed E-state index contributed by atoms with van der Waals surface area (Å²) < 4.78 is 85.4. The Labute approximate surface area is 243 Å². The predicted molar refractivity (Wildman–Crippen MR) is 142 cm³/mol. The van der Waals surface area contributed by atoms with E-state index < -0.39 is 53.1 Å². The SMILES string of the molecule is CNC(=O)/C(=C(\C=N)N1CC[C@H]1COCCC(=O)N1CCN(c2ncc(C(F)(F)F)cc2C)[C@@H](C(=O)NC)C1)C(F)(F)F. The number of carbonyl (C=O) groups is 3. The number of amides is 3. The largest absolute Gasteiger partial charge is 0.423 e. The van der Waals surface area contributed by atoms with Crippen LogP contribution in [0.5, 0.6) is 0 Å². The van der Waals surface area contributed by atoms with Gasteiger partial charge in [-0.15, -0.1) is 0 Å². The minimum atomic E-state index is -4.97. The van der Waals surface area contributed by atoms with E-state index in [1.165, 1.54) is 23.8 Å². The van der Waals surface area contributed by atoms with Crippen molar-refractivity contribution in [1.29, 1.82) is 5.41 Å². The third kappa shape index (κ3) is 7.74. The molecule has 11 nitrogen and oxygen atoms in total. The van der Waals surface area contributed by atoms with E-state index in [0.717, 1.165) is 13.1 Å². The van der Waals surface area contributed by atoms with Gasteiger partial charge in [0.1, 0.15) is 17.4 Å². The molecule has 2 aliphatic rings. The van der Waals surface area contributed by atoms with Crippen LogP contribution in [0.3, 0.4) is 0 Å². The molecule has 43 heavy (non-hydrogen) atoms. The standard InChI is InChI=1S/C26H33F6N7O4/c1-15-10-16(25(27,28)29)12-36-22(15)39-8-7-37(13-19(39)23(41)34-2)20(40)5-9-43-14-17-4-6-38(17)18(11-33)21(24(42)35-3)26(30,31)32/h10-12,17,19,33H,4-9,13-14H2,1-3H3,(H,34,41)(H,35,42)/b21-18-,33-11?/t17-,19+/m0/s1. The van der Waals surface area contributed by atoms with Crippen LogP contribution >= 0.6 is 0 Å². The Hall–Kier alpha value is -3.89. The van der Waals surface area contributed by atoms with Crippen LogP contribution in [0.4, 0.5) is 32.2 Å². The molecule has 3 heterocycles. The molecule has 0 aliphatic carbocycles. The number of hydrogen-bond acceptors (Lipinski definition) is 8. The van der Waals surface area contributed by atoms with Crippen LogP contribution in [0.1, 0.15) is 24.0 Å². The van der Waals surface area contributed by atoms with Crippen molar-refractivity contribution < 1.29 is 45.5 Å². The zero-order valence-electron chi connectivity index (χ0n) is 23.7. The minimum absolute atomic E-state index is 0.0446. The van der Waals surface area contributed by atoms with Gasteiger partial charge in [0, 0.05) is 46.1 Å². The van der Waals surface area contributed by atoms with Gasteiger partial charge < -0.3 is 35.5 Å². The minimum Gasteiger partial charge on any atom is -0.379 e. The number of carbonyl (C=O) groups excluding carboxylic acids is 3. The van der Waals surface area contributed by atoms with Crippen molar-refractivity contribution in [2.24, 2.45) is 0 Å². The van der Waals surface area contributed by atoms with Gasteiger partial charge in [-0.3, -0.25) is 14.4 Å². The zero-order valence-corrected chi connectivity index (χ0v) is 23.7. The molecule has 0 bridgehead atoms. The molecular weight excluding hydrogens is 588 g/mol. The summed E-state index contributed by atoms with van der Waals surface area (Å²) in [5.74, 6) is -1.96. The van der Waals surface area contributed by atoms with Gasteiger partial charge in [-0.1, -0.05) is 0 Å². The number of nitrogens with one attached hydrogen (secondary N) is 3. The number of pyridine rings is 1. The van der Waals surface area contributed by atoms with Gasteiger partial charge in [-0.05, 0) is 25.0 Å². The van der Waals surface area contributed by atoms with Crippen molar-refractivity contribution in [1.82, 2.24) is 25.4 Å². The molecule has 0 unspecified atom stereocenters. The third-order valence-corrected chi connectivity index (χ3v) is 7.29. The maximum atomic E-state index is 13.5. The highest BCUT2D eigenvalue weighted by atomic mass is 19.4. The van der Waals surface area contributed by atoms with E-state index in [9.17, 15) is 40.7 Å². The number of likely N-dealkylation sites (tertiary alicyclic amines) is 1.